The summed E-state index contributed by atoms with van der Waals surface area (Å²) >= 11 is 1.49. The van der Waals surface area contributed by atoms with E-state index in [0.29, 0.717) is 27.7 Å². The fraction of sp³-hybridized carbons (Fsp3) is 0.385. The molecular weight excluding hydrogens is 434 g/mol. The van der Waals surface area contributed by atoms with Crippen molar-refractivity contribution in [3.8, 4) is 6.07 Å². The summed E-state index contributed by atoms with van der Waals surface area (Å²) in [5.74, 6) is -0.173. The van der Waals surface area contributed by atoms with Gasteiger partial charge in [0.2, 0.25) is 11.8 Å². The molecule has 0 spiro atoms. The van der Waals surface area contributed by atoms with E-state index in [1.165, 1.54) is 21.1 Å². The Labute approximate surface area is 195 Å². The van der Waals surface area contributed by atoms with Gasteiger partial charge in [-0.3, -0.25) is 19.3 Å². The number of benzene rings is 1. The van der Waals surface area contributed by atoms with Crippen LogP contribution in [0.5, 0.6) is 0 Å². The maximum Gasteiger partial charge on any atom is 0.256 e. The van der Waals surface area contributed by atoms with Crippen molar-refractivity contribution < 1.29 is 14.4 Å². The molecule has 1 aliphatic heterocycles. The van der Waals surface area contributed by atoms with Crippen LogP contribution in [-0.4, -0.2) is 17.7 Å². The minimum Gasteiger partial charge on any atom is -0.312 e. The monoisotopic (exact) mass is 457 g/mol. The lowest BCUT2D eigenvalue weighted by Gasteiger charge is -2.17. The van der Waals surface area contributed by atoms with Gasteiger partial charge in [-0.2, -0.15) is 5.26 Å². The molecule has 33 heavy (non-hydrogen) atoms. The van der Waals surface area contributed by atoms with Gasteiger partial charge in [-0.25, -0.2) is 0 Å². The zero-order valence-corrected chi connectivity index (χ0v) is 19.0. The molecule has 4 aliphatic rings. The molecule has 6 nitrogen and oxygen atoms in total. The zero-order valence-electron chi connectivity index (χ0n) is 18.2. The van der Waals surface area contributed by atoms with E-state index in [9.17, 15) is 19.6 Å². The van der Waals surface area contributed by atoms with Crippen LogP contribution in [0.3, 0.4) is 0 Å². The lowest BCUT2D eigenvalue weighted by molar-refractivity contribution is -0.123. The number of nitrogens with zero attached hydrogens (tertiary/aromatic N) is 2. The van der Waals surface area contributed by atoms with E-state index in [1.807, 2.05) is 0 Å². The highest BCUT2D eigenvalue weighted by molar-refractivity contribution is 7.16. The van der Waals surface area contributed by atoms with E-state index in [2.05, 4.69) is 30.5 Å². The number of nitriles is 1. The molecule has 3 aliphatic carbocycles. The van der Waals surface area contributed by atoms with Crippen LogP contribution < -0.4 is 10.2 Å². The molecule has 1 aromatic heterocycles. The van der Waals surface area contributed by atoms with E-state index >= 15 is 0 Å². The van der Waals surface area contributed by atoms with E-state index in [4.69, 9.17) is 0 Å². The molecule has 7 heteroatoms. The van der Waals surface area contributed by atoms with Gasteiger partial charge in [0.1, 0.15) is 11.1 Å². The molecule has 166 valence electrons. The number of carbonyl (C=O) groups excluding carboxylic acids is 3. The van der Waals surface area contributed by atoms with E-state index in [-0.39, 0.29) is 41.4 Å². The number of anilines is 2. The van der Waals surface area contributed by atoms with Gasteiger partial charge in [-0.1, -0.05) is 19.1 Å². The lowest BCUT2D eigenvalue weighted by Crippen LogP contribution is -2.32. The average Bonchev–Trinajstić information content (AvgIpc) is 3.56. The molecule has 1 N–H and O–H groups in total. The lowest BCUT2D eigenvalue weighted by atomic mass is 9.85. The first-order valence-corrected chi connectivity index (χ1v) is 12.3. The second-order valence-corrected chi connectivity index (χ2v) is 10.8. The molecule has 2 heterocycles. The number of thiophene rings is 1. The van der Waals surface area contributed by atoms with Crippen molar-refractivity contribution in [3.63, 3.8) is 0 Å². The van der Waals surface area contributed by atoms with E-state index in [1.54, 1.807) is 24.3 Å². The van der Waals surface area contributed by atoms with Crippen molar-refractivity contribution in [2.75, 3.05) is 10.2 Å². The first-order chi connectivity index (χ1) is 16.0. The molecule has 2 bridgehead atoms. The van der Waals surface area contributed by atoms with Gasteiger partial charge >= 0.3 is 0 Å². The van der Waals surface area contributed by atoms with Crippen LogP contribution in [0.4, 0.5) is 10.7 Å². The Bertz CT molecular complexity index is 1240. The summed E-state index contributed by atoms with van der Waals surface area (Å²) in [5.41, 5.74) is 2.58. The third kappa shape index (κ3) is 3.01. The number of fused-ring (bicyclic) bond motifs is 6. The minimum atomic E-state index is -0.303. The fourth-order valence-electron chi connectivity index (χ4n) is 6.06. The Kier molecular flexibility index (Phi) is 4.56. The van der Waals surface area contributed by atoms with Crippen LogP contribution in [0.15, 0.2) is 36.4 Å². The highest BCUT2D eigenvalue weighted by Crippen LogP contribution is 2.53. The van der Waals surface area contributed by atoms with Crippen molar-refractivity contribution in [1.29, 1.82) is 5.26 Å². The Morgan fingerprint density at radius 2 is 1.79 bits per heavy atom. The molecule has 3 amide bonds. The Morgan fingerprint density at radius 1 is 1.12 bits per heavy atom. The van der Waals surface area contributed by atoms with Gasteiger partial charge in [-0.05, 0) is 73.3 Å². The van der Waals surface area contributed by atoms with Crippen molar-refractivity contribution in [3.05, 3.63) is 58.0 Å². The van der Waals surface area contributed by atoms with Crippen LogP contribution in [0.25, 0.3) is 0 Å². The topological polar surface area (TPSA) is 90.3 Å². The van der Waals surface area contributed by atoms with Gasteiger partial charge in [0.05, 0.1) is 23.1 Å². The molecule has 1 unspecified atom stereocenters. The van der Waals surface area contributed by atoms with Crippen molar-refractivity contribution >= 4 is 39.7 Å². The van der Waals surface area contributed by atoms with Gasteiger partial charge in [-0.15, -0.1) is 11.3 Å². The maximum atomic E-state index is 13.0. The number of rotatable bonds is 3. The summed E-state index contributed by atoms with van der Waals surface area (Å²) in [6, 6.07) is 8.86. The molecule has 5 atom stereocenters. The SMILES string of the molecule is CC1CCc2sc(NC(=O)c3ccc(N4C(=O)[C@@H]5[C@H](C4=O)[C@@H]4C=C[C@H]5C4)cc3)c(C#N)c2C1. The average molecular weight is 458 g/mol. The molecule has 1 saturated heterocycles. The number of nitrogens with one attached hydrogen (secondary N) is 1. The van der Waals surface area contributed by atoms with E-state index < -0.39 is 0 Å². The molecule has 1 saturated carbocycles. The quantitative estimate of drug-likeness (QED) is 0.549. The van der Waals surface area contributed by atoms with Crippen LogP contribution in [0.2, 0.25) is 0 Å². The summed E-state index contributed by atoms with van der Waals surface area (Å²) in [6.45, 7) is 2.19. The van der Waals surface area contributed by atoms with Crippen LogP contribution >= 0.6 is 11.3 Å². The number of allylic oxidation sites excluding steroid dienone is 2. The Morgan fingerprint density at radius 3 is 2.42 bits per heavy atom. The Balaban J connectivity index is 1.21. The maximum absolute atomic E-state index is 13.0. The minimum absolute atomic E-state index is 0.129. The predicted molar refractivity (Wildman–Crippen MR) is 125 cm³/mol. The largest absolute Gasteiger partial charge is 0.312 e. The second-order valence-electron chi connectivity index (χ2n) is 9.68. The van der Waals surface area contributed by atoms with Gasteiger partial charge in [0.25, 0.3) is 5.91 Å². The van der Waals surface area contributed by atoms with E-state index in [0.717, 1.165) is 31.2 Å². The third-order valence-corrected chi connectivity index (χ3v) is 8.91. The van der Waals surface area contributed by atoms with Crippen molar-refractivity contribution in [2.45, 2.75) is 32.6 Å². The summed E-state index contributed by atoms with van der Waals surface area (Å²) in [4.78, 5) is 41.4. The highest BCUT2D eigenvalue weighted by atomic mass is 32.1. The standard InChI is InChI=1S/C26H23N3O3S/c1-13-2-9-20-18(10-13)19(12-27)24(33-20)28-23(30)14-5-7-17(8-6-14)29-25(31)21-15-3-4-16(11-15)22(21)26(29)32/h3-8,13,15-16,21-22H,2,9-11H2,1H3,(H,28,30)/t13?,15-,16+,21-,22+. The number of carbonyl (C=O) groups is 3. The summed E-state index contributed by atoms with van der Waals surface area (Å²) in [6.07, 6.45) is 7.96. The van der Waals surface area contributed by atoms with Crippen LogP contribution in [0.1, 0.15) is 46.1 Å². The zero-order chi connectivity index (χ0) is 22.9. The summed E-state index contributed by atoms with van der Waals surface area (Å²) < 4.78 is 0. The first-order valence-electron chi connectivity index (χ1n) is 11.5. The number of aryl methyl sites for hydroxylation is 1. The smallest absolute Gasteiger partial charge is 0.256 e. The summed E-state index contributed by atoms with van der Waals surface area (Å²) in [5, 5.41) is 13.2. The van der Waals surface area contributed by atoms with Crippen molar-refractivity contribution in [1.82, 2.24) is 0 Å². The number of hydrogen-bond donors (Lipinski definition) is 1. The Hall–Kier alpha value is -3.24. The number of hydrogen-bond acceptors (Lipinski definition) is 5. The molecule has 6 rings (SSSR count). The molecular formula is C26H23N3O3S. The predicted octanol–water partition coefficient (Wildman–Crippen LogP) is 4.31. The number of amides is 3. The second kappa shape index (κ2) is 7.39. The first kappa shape index (κ1) is 20.4. The molecule has 2 aromatic rings. The van der Waals surface area contributed by atoms with Crippen LogP contribution in [0, 0.1) is 40.9 Å². The van der Waals surface area contributed by atoms with Gasteiger partial charge < -0.3 is 5.32 Å². The van der Waals surface area contributed by atoms with Crippen LogP contribution in [-0.2, 0) is 22.4 Å². The normalized spacial score (nSPS) is 29.2. The third-order valence-electron chi connectivity index (χ3n) is 7.70. The number of imide groups is 1. The highest BCUT2D eigenvalue weighted by Gasteiger charge is 2.59. The van der Waals surface area contributed by atoms with Gasteiger partial charge in [0, 0.05) is 10.4 Å². The summed E-state index contributed by atoms with van der Waals surface area (Å²) in [7, 11) is 0. The van der Waals surface area contributed by atoms with Gasteiger partial charge in [0.15, 0.2) is 0 Å². The fourth-order valence-corrected chi connectivity index (χ4v) is 7.25. The molecule has 0 radical (unpaired) electrons. The van der Waals surface area contributed by atoms with Crippen molar-refractivity contribution in [2.24, 2.45) is 29.6 Å². The molecule has 1 aromatic carbocycles. The molecule has 2 fully saturated rings.